The summed E-state index contributed by atoms with van der Waals surface area (Å²) in [5.41, 5.74) is 0.0473. The Morgan fingerprint density at radius 3 is 2.57 bits per heavy atom. The average Bonchev–Trinajstić information content (AvgIpc) is 3.08. The SMILES string of the molecule is CCNC(=NCC(C)(O)c1ccc(C)o1)NCC(c1cccnc1)C(C)C.I. The van der Waals surface area contributed by atoms with E-state index in [-0.39, 0.29) is 30.5 Å². The summed E-state index contributed by atoms with van der Waals surface area (Å²) in [5, 5.41) is 17.3. The van der Waals surface area contributed by atoms with Gasteiger partial charge in [-0.05, 0) is 50.5 Å². The molecule has 2 unspecified atom stereocenters. The van der Waals surface area contributed by atoms with Crippen molar-refractivity contribution in [2.45, 2.75) is 46.1 Å². The van der Waals surface area contributed by atoms with Crippen molar-refractivity contribution in [1.29, 1.82) is 0 Å². The van der Waals surface area contributed by atoms with Gasteiger partial charge >= 0.3 is 0 Å². The predicted molar refractivity (Wildman–Crippen MR) is 124 cm³/mol. The van der Waals surface area contributed by atoms with Crippen LogP contribution in [0, 0.1) is 12.8 Å². The third kappa shape index (κ3) is 7.09. The van der Waals surface area contributed by atoms with Crippen molar-refractivity contribution in [3.8, 4) is 0 Å². The fourth-order valence-electron chi connectivity index (χ4n) is 2.92. The van der Waals surface area contributed by atoms with Gasteiger partial charge in [0.05, 0.1) is 6.54 Å². The summed E-state index contributed by atoms with van der Waals surface area (Å²) >= 11 is 0. The first kappa shape index (κ1) is 24.4. The van der Waals surface area contributed by atoms with Gasteiger partial charge in [-0.3, -0.25) is 4.98 Å². The summed E-state index contributed by atoms with van der Waals surface area (Å²) in [6.45, 7) is 11.7. The molecule has 0 bridgehead atoms. The van der Waals surface area contributed by atoms with Crippen LogP contribution in [-0.2, 0) is 5.60 Å². The molecule has 0 aliphatic heterocycles. The molecule has 0 aliphatic carbocycles. The first-order chi connectivity index (χ1) is 12.8. The molecular weight excluding hydrogens is 467 g/mol. The number of aryl methyl sites for hydroxylation is 1. The van der Waals surface area contributed by atoms with Gasteiger partial charge < -0.3 is 20.2 Å². The Balaban J connectivity index is 0.00000392. The van der Waals surface area contributed by atoms with Crippen molar-refractivity contribution in [2.24, 2.45) is 10.9 Å². The number of furan rings is 1. The highest BCUT2D eigenvalue weighted by Gasteiger charge is 2.27. The van der Waals surface area contributed by atoms with Gasteiger partial charge in [0, 0.05) is 31.4 Å². The molecule has 0 fully saturated rings. The number of guanidine groups is 1. The molecule has 2 aromatic rings. The van der Waals surface area contributed by atoms with Crippen molar-refractivity contribution in [3.05, 3.63) is 53.7 Å². The van der Waals surface area contributed by atoms with Gasteiger partial charge in [0.15, 0.2) is 5.96 Å². The molecule has 0 saturated carbocycles. The van der Waals surface area contributed by atoms with E-state index in [1.54, 1.807) is 19.2 Å². The van der Waals surface area contributed by atoms with E-state index in [9.17, 15) is 5.11 Å². The van der Waals surface area contributed by atoms with Crippen LogP contribution in [0.3, 0.4) is 0 Å². The molecule has 0 amide bonds. The minimum absolute atomic E-state index is 0. The number of pyridine rings is 1. The Hall–Kier alpha value is -1.61. The van der Waals surface area contributed by atoms with Crippen molar-refractivity contribution in [2.75, 3.05) is 19.6 Å². The van der Waals surface area contributed by atoms with E-state index in [2.05, 4.69) is 40.5 Å². The number of nitrogens with zero attached hydrogens (tertiary/aromatic N) is 2. The van der Waals surface area contributed by atoms with E-state index in [0.29, 0.717) is 23.6 Å². The molecule has 0 radical (unpaired) electrons. The Labute approximate surface area is 185 Å². The van der Waals surface area contributed by atoms with Crippen molar-refractivity contribution < 1.29 is 9.52 Å². The van der Waals surface area contributed by atoms with Gasteiger partial charge in [0.1, 0.15) is 17.1 Å². The topological polar surface area (TPSA) is 82.7 Å². The van der Waals surface area contributed by atoms with Crippen LogP contribution >= 0.6 is 24.0 Å². The number of nitrogens with one attached hydrogen (secondary N) is 2. The molecule has 2 rings (SSSR count). The standard InChI is InChI=1S/C21H32N4O2.HI/c1-6-23-20(25-14-21(5,26)19-10-9-16(4)27-19)24-13-18(15(2)3)17-8-7-11-22-12-17;/h7-12,15,18,26H,6,13-14H2,1-5H3,(H2,23,24,25);1H. The van der Waals surface area contributed by atoms with Gasteiger partial charge in [-0.1, -0.05) is 19.9 Å². The minimum Gasteiger partial charge on any atom is -0.463 e. The zero-order valence-corrected chi connectivity index (χ0v) is 19.7. The maximum absolute atomic E-state index is 10.7. The van der Waals surface area contributed by atoms with Crippen LogP contribution in [0.4, 0.5) is 0 Å². The fourth-order valence-corrected chi connectivity index (χ4v) is 2.92. The van der Waals surface area contributed by atoms with E-state index in [0.717, 1.165) is 18.8 Å². The van der Waals surface area contributed by atoms with Crippen molar-refractivity contribution in [3.63, 3.8) is 0 Å². The smallest absolute Gasteiger partial charge is 0.191 e. The zero-order chi connectivity index (χ0) is 19.9. The molecule has 0 aliphatic rings. The first-order valence-electron chi connectivity index (χ1n) is 9.55. The largest absolute Gasteiger partial charge is 0.463 e. The van der Waals surface area contributed by atoms with Crippen LogP contribution in [0.2, 0.25) is 0 Å². The molecular formula is C21H33IN4O2. The molecule has 0 saturated heterocycles. The molecule has 28 heavy (non-hydrogen) atoms. The molecule has 7 heteroatoms. The highest BCUT2D eigenvalue weighted by molar-refractivity contribution is 14.0. The lowest BCUT2D eigenvalue weighted by atomic mass is 9.89. The molecule has 3 N–H and O–H groups in total. The lowest BCUT2D eigenvalue weighted by Gasteiger charge is -2.24. The van der Waals surface area contributed by atoms with Crippen molar-refractivity contribution in [1.82, 2.24) is 15.6 Å². The van der Waals surface area contributed by atoms with E-state index < -0.39 is 5.60 Å². The Morgan fingerprint density at radius 1 is 1.29 bits per heavy atom. The number of hydrogen-bond acceptors (Lipinski definition) is 4. The van der Waals surface area contributed by atoms with Crippen LogP contribution in [-0.4, -0.2) is 35.7 Å². The second-order valence-electron chi connectivity index (χ2n) is 7.40. The van der Waals surface area contributed by atoms with Crippen LogP contribution in [0.1, 0.15) is 50.7 Å². The van der Waals surface area contributed by atoms with E-state index in [4.69, 9.17) is 4.42 Å². The van der Waals surface area contributed by atoms with Crippen molar-refractivity contribution >= 4 is 29.9 Å². The third-order valence-corrected chi connectivity index (χ3v) is 4.57. The summed E-state index contributed by atoms with van der Waals surface area (Å²) in [6.07, 6.45) is 3.71. The van der Waals surface area contributed by atoms with E-state index >= 15 is 0 Å². The molecule has 6 nitrogen and oxygen atoms in total. The van der Waals surface area contributed by atoms with Gasteiger partial charge in [-0.25, -0.2) is 4.99 Å². The number of aliphatic hydroxyl groups is 1. The lowest BCUT2D eigenvalue weighted by molar-refractivity contribution is 0.0428. The highest BCUT2D eigenvalue weighted by atomic mass is 127. The average molecular weight is 500 g/mol. The second-order valence-corrected chi connectivity index (χ2v) is 7.40. The Kier molecular flexibility index (Phi) is 9.95. The molecule has 2 heterocycles. The minimum atomic E-state index is -1.16. The summed E-state index contributed by atoms with van der Waals surface area (Å²) in [7, 11) is 0. The maximum Gasteiger partial charge on any atom is 0.191 e. The lowest BCUT2D eigenvalue weighted by Crippen LogP contribution is -2.41. The van der Waals surface area contributed by atoms with Crippen LogP contribution in [0.15, 0.2) is 46.1 Å². The third-order valence-electron chi connectivity index (χ3n) is 4.57. The molecule has 2 atom stereocenters. The Bertz CT molecular complexity index is 729. The monoisotopic (exact) mass is 500 g/mol. The summed E-state index contributed by atoms with van der Waals surface area (Å²) in [4.78, 5) is 8.80. The zero-order valence-electron chi connectivity index (χ0n) is 17.4. The summed E-state index contributed by atoms with van der Waals surface area (Å²) in [6, 6.07) is 7.71. The molecule has 2 aromatic heterocycles. The Morgan fingerprint density at radius 2 is 2.04 bits per heavy atom. The number of aliphatic imine (C=N–C) groups is 1. The summed E-state index contributed by atoms with van der Waals surface area (Å²) < 4.78 is 5.56. The first-order valence-corrected chi connectivity index (χ1v) is 9.55. The van der Waals surface area contributed by atoms with Gasteiger partial charge in [0.25, 0.3) is 0 Å². The molecule has 0 spiro atoms. The van der Waals surface area contributed by atoms with Crippen LogP contribution < -0.4 is 10.6 Å². The quantitative estimate of drug-likeness (QED) is 0.292. The fraction of sp³-hybridized carbons (Fsp3) is 0.524. The second kappa shape index (κ2) is 11.4. The van der Waals surface area contributed by atoms with Gasteiger partial charge in [0.2, 0.25) is 0 Å². The summed E-state index contributed by atoms with van der Waals surface area (Å²) in [5.74, 6) is 2.75. The number of aromatic nitrogens is 1. The number of rotatable bonds is 8. The van der Waals surface area contributed by atoms with E-state index in [1.807, 2.05) is 32.2 Å². The van der Waals surface area contributed by atoms with Crippen LogP contribution in [0.25, 0.3) is 0 Å². The molecule has 156 valence electrons. The highest BCUT2D eigenvalue weighted by Crippen LogP contribution is 2.24. The van der Waals surface area contributed by atoms with Gasteiger partial charge in [-0.15, -0.1) is 24.0 Å². The van der Waals surface area contributed by atoms with E-state index in [1.165, 1.54) is 5.56 Å². The van der Waals surface area contributed by atoms with Crippen LogP contribution in [0.5, 0.6) is 0 Å². The maximum atomic E-state index is 10.7. The normalized spacial score (nSPS) is 14.9. The molecule has 0 aromatic carbocycles. The number of hydrogen-bond donors (Lipinski definition) is 3. The van der Waals surface area contributed by atoms with Gasteiger partial charge in [-0.2, -0.15) is 0 Å². The number of halogens is 1. The predicted octanol–water partition coefficient (Wildman–Crippen LogP) is 3.80.